The van der Waals surface area contributed by atoms with E-state index >= 15 is 0 Å². The second-order valence-electron chi connectivity index (χ2n) is 6.25. The van der Waals surface area contributed by atoms with Crippen LogP contribution in [0.5, 0.6) is 0 Å². The summed E-state index contributed by atoms with van der Waals surface area (Å²) in [5.41, 5.74) is 1.77. The Morgan fingerprint density at radius 3 is 2.41 bits per heavy atom. The lowest BCUT2D eigenvalue weighted by Gasteiger charge is -2.23. The summed E-state index contributed by atoms with van der Waals surface area (Å²) in [6, 6.07) is 6.98. The molecule has 0 aliphatic carbocycles. The second kappa shape index (κ2) is 8.70. The Hall–Kier alpha value is -2.83. The molecule has 2 amide bonds. The van der Waals surface area contributed by atoms with Gasteiger partial charge < -0.3 is 10.2 Å². The van der Waals surface area contributed by atoms with E-state index in [2.05, 4.69) is 5.32 Å². The van der Waals surface area contributed by atoms with Crippen LogP contribution in [-0.2, 0) is 4.79 Å². The molecule has 0 aliphatic rings. The molecular weight excluding hydrogens is 357 g/mol. The van der Waals surface area contributed by atoms with Gasteiger partial charge in [-0.15, -0.1) is 0 Å². The number of hydrogen-bond donors (Lipinski definition) is 1. The predicted octanol–water partition coefficient (Wildman–Crippen LogP) is 4.21. The standard InChI is InChI=1S/C20H21F3N2O2/c1-4-10-25(20(27)14-7-5-6-12(2)13(14)3)11-17(26)24-16-9-8-15(21)18(22)19(16)23/h5-9H,4,10-11H2,1-3H3,(H,24,26). The average Bonchev–Trinajstić information content (AvgIpc) is 2.63. The Labute approximate surface area is 156 Å². The quantitative estimate of drug-likeness (QED) is 0.766. The van der Waals surface area contributed by atoms with Crippen LogP contribution in [0.4, 0.5) is 18.9 Å². The van der Waals surface area contributed by atoms with Crippen LogP contribution in [0.25, 0.3) is 0 Å². The maximum atomic E-state index is 13.7. The minimum Gasteiger partial charge on any atom is -0.329 e. The zero-order valence-electron chi connectivity index (χ0n) is 15.4. The van der Waals surface area contributed by atoms with Crippen molar-refractivity contribution in [3.05, 3.63) is 64.5 Å². The summed E-state index contributed by atoms with van der Waals surface area (Å²) in [4.78, 5) is 26.4. The monoisotopic (exact) mass is 378 g/mol. The first-order valence-electron chi connectivity index (χ1n) is 8.55. The molecule has 0 saturated heterocycles. The minimum absolute atomic E-state index is 0.319. The van der Waals surface area contributed by atoms with Crippen molar-refractivity contribution in [3.63, 3.8) is 0 Å². The molecule has 2 rings (SSSR count). The average molecular weight is 378 g/mol. The molecule has 4 nitrogen and oxygen atoms in total. The van der Waals surface area contributed by atoms with Gasteiger partial charge in [0.1, 0.15) is 6.54 Å². The highest BCUT2D eigenvalue weighted by Crippen LogP contribution is 2.20. The Bertz CT molecular complexity index is 869. The summed E-state index contributed by atoms with van der Waals surface area (Å²) in [6.07, 6.45) is 0.615. The highest BCUT2D eigenvalue weighted by atomic mass is 19.2. The molecule has 7 heteroatoms. The zero-order chi connectivity index (χ0) is 20.1. The fraction of sp³-hybridized carbons (Fsp3) is 0.300. The van der Waals surface area contributed by atoms with Crippen LogP contribution in [0.1, 0.15) is 34.8 Å². The molecule has 0 aromatic heterocycles. The van der Waals surface area contributed by atoms with E-state index in [4.69, 9.17) is 0 Å². The van der Waals surface area contributed by atoms with Gasteiger partial charge in [-0.1, -0.05) is 19.1 Å². The van der Waals surface area contributed by atoms with Crippen LogP contribution >= 0.6 is 0 Å². The summed E-state index contributed by atoms with van der Waals surface area (Å²) in [7, 11) is 0. The molecule has 0 heterocycles. The van der Waals surface area contributed by atoms with Crippen molar-refractivity contribution in [2.24, 2.45) is 0 Å². The summed E-state index contributed by atoms with van der Waals surface area (Å²) in [5.74, 6) is -5.51. The van der Waals surface area contributed by atoms with Gasteiger partial charge >= 0.3 is 0 Å². The zero-order valence-corrected chi connectivity index (χ0v) is 15.4. The van der Waals surface area contributed by atoms with E-state index in [9.17, 15) is 22.8 Å². The molecule has 0 bridgehead atoms. The fourth-order valence-electron chi connectivity index (χ4n) is 2.66. The smallest absolute Gasteiger partial charge is 0.254 e. The molecule has 144 valence electrons. The molecule has 0 radical (unpaired) electrons. The summed E-state index contributed by atoms with van der Waals surface area (Å²) in [6.45, 7) is 5.55. The van der Waals surface area contributed by atoms with E-state index in [0.717, 1.165) is 23.3 Å². The van der Waals surface area contributed by atoms with Gasteiger partial charge in [0, 0.05) is 12.1 Å². The van der Waals surface area contributed by atoms with Gasteiger partial charge in [0.05, 0.1) is 5.69 Å². The Morgan fingerprint density at radius 1 is 1.04 bits per heavy atom. The number of carbonyl (C=O) groups is 2. The molecular formula is C20H21F3N2O2. The highest BCUT2D eigenvalue weighted by molar-refractivity contribution is 6.00. The number of anilines is 1. The van der Waals surface area contributed by atoms with E-state index in [1.807, 2.05) is 26.8 Å². The first kappa shape index (κ1) is 20.5. The van der Waals surface area contributed by atoms with Crippen LogP contribution in [0.3, 0.4) is 0 Å². The Kier molecular flexibility index (Phi) is 6.60. The maximum Gasteiger partial charge on any atom is 0.254 e. The van der Waals surface area contributed by atoms with E-state index in [0.29, 0.717) is 18.5 Å². The summed E-state index contributed by atoms with van der Waals surface area (Å²) >= 11 is 0. The third kappa shape index (κ3) is 4.67. The number of carbonyl (C=O) groups excluding carboxylic acids is 2. The molecule has 0 unspecified atom stereocenters. The SMILES string of the molecule is CCCN(CC(=O)Nc1ccc(F)c(F)c1F)C(=O)c1cccc(C)c1C. The largest absolute Gasteiger partial charge is 0.329 e. The first-order valence-corrected chi connectivity index (χ1v) is 8.55. The lowest BCUT2D eigenvalue weighted by molar-refractivity contribution is -0.116. The van der Waals surface area contributed by atoms with E-state index in [-0.39, 0.29) is 12.5 Å². The molecule has 2 aromatic carbocycles. The van der Waals surface area contributed by atoms with Crippen LogP contribution in [0.15, 0.2) is 30.3 Å². The van der Waals surface area contributed by atoms with Gasteiger partial charge in [-0.3, -0.25) is 9.59 Å². The molecule has 0 saturated carbocycles. The third-order valence-electron chi connectivity index (χ3n) is 4.26. The van der Waals surface area contributed by atoms with Gasteiger partial charge in [0.15, 0.2) is 17.5 Å². The topological polar surface area (TPSA) is 49.4 Å². The van der Waals surface area contributed by atoms with Gasteiger partial charge in [0.2, 0.25) is 5.91 Å². The number of nitrogens with one attached hydrogen (secondary N) is 1. The van der Waals surface area contributed by atoms with Gasteiger partial charge in [-0.05, 0) is 49.6 Å². The maximum absolute atomic E-state index is 13.7. The summed E-state index contributed by atoms with van der Waals surface area (Å²) in [5, 5.41) is 2.18. The minimum atomic E-state index is -1.66. The van der Waals surface area contributed by atoms with Crippen LogP contribution in [-0.4, -0.2) is 29.8 Å². The van der Waals surface area contributed by atoms with E-state index in [1.54, 1.807) is 12.1 Å². The molecule has 27 heavy (non-hydrogen) atoms. The van der Waals surface area contributed by atoms with Crippen LogP contribution in [0.2, 0.25) is 0 Å². The van der Waals surface area contributed by atoms with Crippen molar-refractivity contribution in [2.75, 3.05) is 18.4 Å². The molecule has 0 spiro atoms. The fourth-order valence-corrected chi connectivity index (χ4v) is 2.66. The van der Waals surface area contributed by atoms with Gasteiger partial charge in [-0.25, -0.2) is 13.2 Å². The van der Waals surface area contributed by atoms with Crippen molar-refractivity contribution >= 4 is 17.5 Å². The number of aryl methyl sites for hydroxylation is 1. The third-order valence-corrected chi connectivity index (χ3v) is 4.26. The van der Waals surface area contributed by atoms with E-state index < -0.39 is 29.0 Å². The van der Waals surface area contributed by atoms with Crippen LogP contribution in [0, 0.1) is 31.3 Å². The lowest BCUT2D eigenvalue weighted by atomic mass is 10.0. The molecule has 0 aliphatic heterocycles. The Balaban J connectivity index is 2.18. The lowest BCUT2D eigenvalue weighted by Crippen LogP contribution is -2.39. The van der Waals surface area contributed by atoms with Gasteiger partial charge in [0.25, 0.3) is 5.91 Å². The first-order chi connectivity index (χ1) is 12.8. The number of benzene rings is 2. The number of nitrogens with zero attached hydrogens (tertiary/aromatic N) is 1. The van der Waals surface area contributed by atoms with Crippen molar-refractivity contribution in [1.82, 2.24) is 4.90 Å². The highest BCUT2D eigenvalue weighted by Gasteiger charge is 2.21. The van der Waals surface area contributed by atoms with Crippen LogP contribution < -0.4 is 5.32 Å². The second-order valence-corrected chi connectivity index (χ2v) is 6.25. The Morgan fingerprint density at radius 2 is 1.74 bits per heavy atom. The normalized spacial score (nSPS) is 10.6. The van der Waals surface area contributed by atoms with Crippen molar-refractivity contribution in [1.29, 1.82) is 0 Å². The number of hydrogen-bond acceptors (Lipinski definition) is 2. The van der Waals surface area contributed by atoms with E-state index in [1.165, 1.54) is 4.90 Å². The van der Waals surface area contributed by atoms with Crippen molar-refractivity contribution in [3.8, 4) is 0 Å². The van der Waals surface area contributed by atoms with Crippen molar-refractivity contribution in [2.45, 2.75) is 27.2 Å². The number of rotatable bonds is 6. The van der Waals surface area contributed by atoms with Gasteiger partial charge in [-0.2, -0.15) is 0 Å². The molecule has 0 atom stereocenters. The molecule has 0 fully saturated rings. The number of halogens is 3. The molecule has 1 N–H and O–H groups in total. The number of amides is 2. The predicted molar refractivity (Wildman–Crippen MR) is 97.1 cm³/mol. The van der Waals surface area contributed by atoms with Crippen molar-refractivity contribution < 1.29 is 22.8 Å². The summed E-state index contributed by atoms with van der Waals surface area (Å²) < 4.78 is 40.0. The molecule has 2 aromatic rings.